The fourth-order valence-corrected chi connectivity index (χ4v) is 9.79. The van der Waals surface area contributed by atoms with Gasteiger partial charge in [0, 0.05) is 60.9 Å². The van der Waals surface area contributed by atoms with Crippen LogP contribution in [0.25, 0.3) is 12.2 Å². The number of aliphatic hydroxyl groups is 4. The van der Waals surface area contributed by atoms with Crippen molar-refractivity contribution in [1.29, 1.82) is 0 Å². The topological polar surface area (TPSA) is 255 Å². The largest absolute Gasteiger partial charge is 0.457 e. The molecule has 18 nitrogen and oxygen atoms in total. The minimum absolute atomic E-state index is 0.130. The second kappa shape index (κ2) is 24.0. The average Bonchev–Trinajstić information content (AvgIpc) is 4.14. The average molecular weight is 1010 g/mol. The zero-order valence-corrected chi connectivity index (χ0v) is 44.2. The Bertz CT molecular complexity index is 2320. The first-order chi connectivity index (χ1) is 32.8. The predicted molar refractivity (Wildman–Crippen MR) is 265 cm³/mol. The lowest BCUT2D eigenvalue weighted by atomic mass is 9.73. The van der Waals surface area contributed by atoms with Crippen molar-refractivity contribution in [2.75, 3.05) is 0 Å². The highest BCUT2D eigenvalue weighted by Crippen LogP contribution is 2.34. The molecule has 4 aromatic rings. The third-order valence-corrected chi connectivity index (χ3v) is 15.4. The normalized spacial score (nSPS) is 29.1. The highest BCUT2D eigenvalue weighted by atomic mass is 32.1. The maximum absolute atomic E-state index is 14.0. The van der Waals surface area contributed by atoms with Gasteiger partial charge in [-0.25, -0.2) is 9.97 Å². The number of hydrogen-bond donors (Lipinski definition) is 4. The predicted octanol–water partition coefficient (Wildman–Crippen LogP) is 5.97. The number of hydrogen-bond acceptors (Lipinski definition) is 18. The summed E-state index contributed by atoms with van der Waals surface area (Å²) in [6.07, 6.45) is 0.396. The molecule has 0 spiro atoms. The molecule has 4 aromatic heterocycles. The summed E-state index contributed by atoms with van der Waals surface area (Å²) in [6.45, 7) is 21.1. The first kappa shape index (κ1) is 56.1. The molecule has 10 atom stereocenters. The van der Waals surface area contributed by atoms with Gasteiger partial charge in [-0.3, -0.25) is 28.5 Å². The molecule has 0 saturated carbocycles. The molecule has 0 amide bonds. The van der Waals surface area contributed by atoms with E-state index in [2.05, 4.69) is 30.6 Å². The second-order valence-electron chi connectivity index (χ2n) is 20.4. The number of carbonyl (C=O) groups excluding carboxylic acids is 4. The fourth-order valence-electron chi connectivity index (χ4n) is 8.65. The summed E-state index contributed by atoms with van der Waals surface area (Å²) in [4.78, 5) is 64.3. The van der Waals surface area contributed by atoms with E-state index in [9.17, 15) is 39.6 Å². The summed E-state index contributed by atoms with van der Waals surface area (Å²) in [5, 5.41) is 68.6. The van der Waals surface area contributed by atoms with Crippen LogP contribution in [0.5, 0.6) is 0 Å². The van der Waals surface area contributed by atoms with E-state index < -0.39 is 107 Å². The summed E-state index contributed by atoms with van der Waals surface area (Å²) in [5.74, 6) is -4.90. The van der Waals surface area contributed by atoms with Gasteiger partial charge in [0.25, 0.3) is 0 Å². The van der Waals surface area contributed by atoms with E-state index >= 15 is 0 Å². The van der Waals surface area contributed by atoms with Crippen LogP contribution < -0.4 is 0 Å². The quantitative estimate of drug-likeness (QED) is 0.172. The number of carbonyl (C=O) groups is 4. The van der Waals surface area contributed by atoms with Crippen LogP contribution in [-0.4, -0.2) is 121 Å². The molecule has 4 bridgehead atoms. The summed E-state index contributed by atoms with van der Waals surface area (Å²) < 4.78 is 15.2. The SMILES string of the molecule is C/C(=C\c1csc(C)n1)[C@@H]1Cc2cn(nn2)CC[C@H](C)[C@H](O)[C@@H](C)C(=O)C(C)(C)[C@@H](O)CC(=O)O[C@H](/C(C)=C/c2csc(C)n2)Cc2cn(nn2)CC[C@H](C)[C@H](O)[C@@H](C)C(=O)C(C)(C)[C@@H](O)CC(=O)O1. The molecular formula is C50H72N8O10S2. The Morgan fingerprint density at radius 3 is 1.31 bits per heavy atom. The van der Waals surface area contributed by atoms with Crippen LogP contribution in [0.15, 0.2) is 34.3 Å². The maximum atomic E-state index is 14.0. The monoisotopic (exact) mass is 1010 g/mol. The lowest BCUT2D eigenvalue weighted by molar-refractivity contribution is -0.156. The third-order valence-electron chi connectivity index (χ3n) is 13.9. The highest BCUT2D eigenvalue weighted by molar-refractivity contribution is 7.09. The molecule has 1 aliphatic heterocycles. The van der Waals surface area contributed by atoms with Gasteiger partial charge in [0.15, 0.2) is 0 Å². The third kappa shape index (κ3) is 14.6. The van der Waals surface area contributed by atoms with E-state index in [0.29, 0.717) is 59.9 Å². The standard InChI is InChI=1S/C50H72N8O10S2/c1-27-13-15-57-23-35(53-55-57)19-39(29(3)17-37-25-69-33(7)51-37)67-44(62)22-42(60)50(11,12)48(66)32(6)46(64)28(2)14-16-58-24-36(54-56-58)20-40(30(4)18-38-26-70-34(8)52-38)68-43(61)21-41(59)49(9,10)47(65)31(5)45(27)63/h17-18,23-28,31-32,39-42,45-46,59-60,63-64H,13-16,19-22H2,1-12H3/b29-17+,30-18+/t27-,28-,31+,32+,39-,40-,41-,42-,45-,46-/m0/s1. The van der Waals surface area contributed by atoms with Crippen LogP contribution in [0.4, 0.5) is 0 Å². The Balaban J connectivity index is 1.42. The van der Waals surface area contributed by atoms with Crippen molar-refractivity contribution in [2.45, 2.75) is 171 Å². The molecule has 0 unspecified atom stereocenters. The number of aliphatic hydroxyl groups excluding tert-OH is 4. The molecule has 0 saturated heterocycles. The van der Waals surface area contributed by atoms with E-state index in [1.54, 1.807) is 77.1 Å². The Morgan fingerprint density at radius 2 is 0.986 bits per heavy atom. The van der Waals surface area contributed by atoms with Crippen molar-refractivity contribution in [3.63, 3.8) is 0 Å². The molecule has 20 heteroatoms. The van der Waals surface area contributed by atoms with E-state index in [1.807, 2.05) is 50.6 Å². The lowest BCUT2D eigenvalue weighted by Gasteiger charge is -2.34. The number of cyclic esters (lactones) is 2. The number of ether oxygens (including phenoxy) is 2. The van der Waals surface area contributed by atoms with E-state index in [4.69, 9.17) is 9.47 Å². The molecule has 384 valence electrons. The van der Waals surface area contributed by atoms with Gasteiger partial charge < -0.3 is 29.9 Å². The van der Waals surface area contributed by atoms with Crippen molar-refractivity contribution in [3.8, 4) is 0 Å². The van der Waals surface area contributed by atoms with Crippen molar-refractivity contribution in [1.82, 2.24) is 40.0 Å². The smallest absolute Gasteiger partial charge is 0.309 e. The molecule has 0 aliphatic carbocycles. The van der Waals surface area contributed by atoms with Crippen LogP contribution in [0.1, 0.15) is 128 Å². The lowest BCUT2D eigenvalue weighted by Crippen LogP contribution is -2.45. The van der Waals surface area contributed by atoms with Crippen LogP contribution in [0.3, 0.4) is 0 Å². The Kier molecular flexibility index (Phi) is 19.3. The molecule has 0 fully saturated rings. The number of fused-ring (bicyclic) bond motifs is 4. The molecule has 5 heterocycles. The Labute approximate surface area is 418 Å². The summed E-state index contributed by atoms with van der Waals surface area (Å²) in [5.41, 5.74) is 0.837. The summed E-state index contributed by atoms with van der Waals surface area (Å²) in [6, 6.07) is 0. The van der Waals surface area contributed by atoms with Crippen molar-refractivity contribution >= 4 is 58.3 Å². The van der Waals surface area contributed by atoms with Crippen LogP contribution >= 0.6 is 22.7 Å². The van der Waals surface area contributed by atoms with Gasteiger partial charge in [0.1, 0.15) is 23.8 Å². The van der Waals surface area contributed by atoms with E-state index in [-0.39, 0.29) is 12.8 Å². The summed E-state index contributed by atoms with van der Waals surface area (Å²) in [7, 11) is 0. The maximum Gasteiger partial charge on any atom is 0.309 e. The second-order valence-corrected chi connectivity index (χ2v) is 22.5. The number of thiazole rings is 2. The van der Waals surface area contributed by atoms with Gasteiger partial charge in [-0.05, 0) is 75.7 Å². The van der Waals surface area contributed by atoms with Crippen LogP contribution in [0, 0.1) is 48.3 Å². The van der Waals surface area contributed by atoms with E-state index in [1.165, 1.54) is 22.7 Å². The zero-order chi connectivity index (χ0) is 51.8. The van der Waals surface area contributed by atoms with Gasteiger partial charge in [0.05, 0.1) is 80.9 Å². The summed E-state index contributed by atoms with van der Waals surface area (Å²) >= 11 is 2.95. The molecule has 70 heavy (non-hydrogen) atoms. The number of rotatable bonds is 4. The number of esters is 2. The Hall–Kier alpha value is -4.86. The molecule has 0 radical (unpaired) electrons. The van der Waals surface area contributed by atoms with Crippen LogP contribution in [0.2, 0.25) is 0 Å². The minimum Gasteiger partial charge on any atom is -0.457 e. The Morgan fingerprint density at radius 1 is 0.629 bits per heavy atom. The van der Waals surface area contributed by atoms with Crippen molar-refractivity contribution < 1.29 is 49.1 Å². The van der Waals surface area contributed by atoms with Gasteiger partial charge in [-0.1, -0.05) is 65.8 Å². The van der Waals surface area contributed by atoms with Gasteiger partial charge >= 0.3 is 11.9 Å². The van der Waals surface area contributed by atoms with Gasteiger partial charge in [0.2, 0.25) is 0 Å². The molecule has 4 N–H and O–H groups in total. The fraction of sp³-hybridized carbons (Fsp3) is 0.640. The molecule has 1 aliphatic rings. The van der Waals surface area contributed by atoms with Gasteiger partial charge in [-0.15, -0.1) is 32.9 Å². The van der Waals surface area contributed by atoms with Crippen LogP contribution in [-0.2, 0) is 54.6 Å². The number of Topliss-reactive ketones (excluding diaryl/α,β-unsaturated/α-hetero) is 2. The molecular weight excluding hydrogens is 937 g/mol. The number of nitrogens with zero attached hydrogens (tertiary/aromatic N) is 8. The number of aryl methyl sites for hydroxylation is 4. The highest BCUT2D eigenvalue weighted by Gasteiger charge is 2.44. The number of ketones is 2. The molecule has 0 aromatic carbocycles. The first-order valence-electron chi connectivity index (χ1n) is 23.9. The van der Waals surface area contributed by atoms with Gasteiger partial charge in [-0.2, -0.15) is 0 Å². The molecule has 5 rings (SSSR count). The zero-order valence-electron chi connectivity index (χ0n) is 42.5. The first-order valence-corrected chi connectivity index (χ1v) is 25.7. The number of aromatic nitrogens is 8. The van der Waals surface area contributed by atoms with Crippen molar-refractivity contribution in [3.05, 3.63) is 67.1 Å². The minimum atomic E-state index is -1.44. The van der Waals surface area contributed by atoms with Crippen molar-refractivity contribution in [2.24, 2.45) is 34.5 Å². The van der Waals surface area contributed by atoms with E-state index in [0.717, 1.165) is 10.0 Å².